The van der Waals surface area contributed by atoms with E-state index in [1.165, 1.54) is 30.0 Å². The van der Waals surface area contributed by atoms with Crippen LogP contribution in [-0.2, 0) is 22.7 Å². The summed E-state index contributed by atoms with van der Waals surface area (Å²) in [5.74, 6) is -0.837. The maximum Gasteiger partial charge on any atom is 0.269 e. The second-order valence-corrected chi connectivity index (χ2v) is 8.41. The normalized spacial score (nSPS) is 11.1. The average Bonchev–Trinajstić information content (AvgIpc) is 3.09. The predicted octanol–water partition coefficient (Wildman–Crippen LogP) is 3.63. The molecule has 176 valence electrons. The minimum atomic E-state index is -0.572. The molecule has 8 nitrogen and oxygen atoms in total. The number of halogens is 2. The third kappa shape index (κ3) is 5.00. The third-order valence-electron chi connectivity index (χ3n) is 5.40. The lowest BCUT2D eigenvalue weighted by Gasteiger charge is -2.15. The first-order valence-electron chi connectivity index (χ1n) is 10.3. The number of hydrazone groups is 1. The number of nitrogens with zero attached hydrogens (tertiary/aromatic N) is 4. The molecule has 2 aromatic heterocycles. The number of aromatic nitrogens is 2. The molecule has 2 heterocycles. The molecule has 0 saturated carbocycles. The SMILES string of the molecule is COCc1c(Br)c(C)n(CC(=O)NN=Cc2cc(C)n(-c3ccc(F)cc3)c2C)c(=O)c1C#N. The van der Waals surface area contributed by atoms with Crippen LogP contribution in [0, 0.1) is 37.9 Å². The fraction of sp³-hybridized carbons (Fsp3) is 0.250. The van der Waals surface area contributed by atoms with E-state index in [0.717, 1.165) is 22.6 Å². The summed E-state index contributed by atoms with van der Waals surface area (Å²) in [6, 6.07) is 9.95. The van der Waals surface area contributed by atoms with Gasteiger partial charge in [0.15, 0.2) is 0 Å². The van der Waals surface area contributed by atoms with E-state index in [4.69, 9.17) is 4.74 Å². The Morgan fingerprint density at radius 1 is 1.26 bits per heavy atom. The molecule has 1 amide bonds. The van der Waals surface area contributed by atoms with Crippen molar-refractivity contribution in [1.82, 2.24) is 14.6 Å². The van der Waals surface area contributed by atoms with Crippen LogP contribution in [-0.4, -0.2) is 28.4 Å². The van der Waals surface area contributed by atoms with Crippen molar-refractivity contribution in [2.24, 2.45) is 5.10 Å². The molecule has 0 atom stereocenters. The van der Waals surface area contributed by atoms with Gasteiger partial charge in [-0.15, -0.1) is 0 Å². The molecular formula is C24H23BrFN5O3. The zero-order valence-corrected chi connectivity index (χ0v) is 20.7. The minimum Gasteiger partial charge on any atom is -0.380 e. The lowest BCUT2D eigenvalue weighted by molar-refractivity contribution is -0.121. The van der Waals surface area contributed by atoms with E-state index in [1.54, 1.807) is 19.1 Å². The summed E-state index contributed by atoms with van der Waals surface area (Å²) >= 11 is 3.40. The topological polar surface area (TPSA) is 101 Å². The van der Waals surface area contributed by atoms with Gasteiger partial charge in [-0.2, -0.15) is 10.4 Å². The van der Waals surface area contributed by atoms with Crippen molar-refractivity contribution in [1.29, 1.82) is 5.26 Å². The molecule has 0 radical (unpaired) electrons. The van der Waals surface area contributed by atoms with Crippen LogP contribution in [0.1, 0.15) is 33.8 Å². The summed E-state index contributed by atoms with van der Waals surface area (Å²) in [5.41, 5.74) is 6.08. The molecule has 0 aliphatic rings. The van der Waals surface area contributed by atoms with Crippen molar-refractivity contribution in [2.45, 2.75) is 33.9 Å². The smallest absolute Gasteiger partial charge is 0.269 e. The van der Waals surface area contributed by atoms with Gasteiger partial charge in [0.05, 0.1) is 12.8 Å². The van der Waals surface area contributed by atoms with Crippen molar-refractivity contribution >= 4 is 28.1 Å². The number of carbonyl (C=O) groups excluding carboxylic acids is 1. The number of hydrogen-bond acceptors (Lipinski definition) is 5. The van der Waals surface area contributed by atoms with Crippen LogP contribution in [0.5, 0.6) is 0 Å². The van der Waals surface area contributed by atoms with E-state index >= 15 is 0 Å². The standard InChI is InChI=1S/C24H23BrFN5O3/c1-14-9-17(15(2)31(14)19-7-5-18(26)6-8-19)11-28-29-22(32)12-30-16(3)23(25)21(13-34-4)20(10-27)24(30)33/h5-9,11H,12-13H2,1-4H3,(H,29,32). The summed E-state index contributed by atoms with van der Waals surface area (Å²) in [6.45, 7) is 5.27. The first kappa shape index (κ1) is 25.1. The molecule has 0 saturated heterocycles. The summed E-state index contributed by atoms with van der Waals surface area (Å²) < 4.78 is 22.0. The Morgan fingerprint density at radius 3 is 2.56 bits per heavy atom. The molecule has 1 aromatic carbocycles. The Labute approximate surface area is 204 Å². The van der Waals surface area contributed by atoms with Crippen LogP contribution in [0.15, 0.2) is 44.7 Å². The number of rotatable bonds is 7. The summed E-state index contributed by atoms with van der Waals surface area (Å²) in [7, 11) is 1.47. The highest BCUT2D eigenvalue weighted by Gasteiger charge is 2.19. The molecule has 34 heavy (non-hydrogen) atoms. The maximum atomic E-state index is 13.3. The zero-order valence-electron chi connectivity index (χ0n) is 19.1. The van der Waals surface area contributed by atoms with Crippen molar-refractivity contribution in [3.8, 4) is 11.8 Å². The first-order chi connectivity index (χ1) is 16.2. The van der Waals surface area contributed by atoms with Gasteiger partial charge in [0, 0.05) is 45.5 Å². The van der Waals surface area contributed by atoms with E-state index in [9.17, 15) is 19.2 Å². The lowest BCUT2D eigenvalue weighted by Crippen LogP contribution is -2.33. The highest BCUT2D eigenvalue weighted by Crippen LogP contribution is 2.23. The van der Waals surface area contributed by atoms with Crippen LogP contribution in [0.4, 0.5) is 4.39 Å². The van der Waals surface area contributed by atoms with Crippen LogP contribution >= 0.6 is 15.9 Å². The number of amides is 1. The summed E-state index contributed by atoms with van der Waals surface area (Å²) in [4.78, 5) is 25.3. The molecule has 0 bridgehead atoms. The van der Waals surface area contributed by atoms with Crippen molar-refractivity contribution in [3.63, 3.8) is 0 Å². The van der Waals surface area contributed by atoms with Crippen LogP contribution < -0.4 is 11.0 Å². The van der Waals surface area contributed by atoms with Gasteiger partial charge in [0.2, 0.25) is 0 Å². The largest absolute Gasteiger partial charge is 0.380 e. The second kappa shape index (κ2) is 10.6. The van der Waals surface area contributed by atoms with Gasteiger partial charge in [-0.25, -0.2) is 9.82 Å². The van der Waals surface area contributed by atoms with Gasteiger partial charge in [-0.3, -0.25) is 9.59 Å². The fourth-order valence-electron chi connectivity index (χ4n) is 3.71. The van der Waals surface area contributed by atoms with Crippen molar-refractivity contribution in [2.75, 3.05) is 7.11 Å². The van der Waals surface area contributed by atoms with Gasteiger partial charge in [-0.1, -0.05) is 0 Å². The van der Waals surface area contributed by atoms with Crippen molar-refractivity contribution in [3.05, 3.63) is 84.7 Å². The van der Waals surface area contributed by atoms with Gasteiger partial charge in [-0.05, 0) is 67.0 Å². The number of nitriles is 1. The monoisotopic (exact) mass is 527 g/mol. The lowest BCUT2D eigenvalue weighted by atomic mass is 10.1. The Kier molecular flexibility index (Phi) is 7.81. The maximum absolute atomic E-state index is 13.3. The molecule has 1 N–H and O–H groups in total. The van der Waals surface area contributed by atoms with E-state index in [0.29, 0.717) is 15.7 Å². The molecule has 10 heteroatoms. The summed E-state index contributed by atoms with van der Waals surface area (Å²) in [5, 5.41) is 13.5. The molecule has 3 aromatic rings. The van der Waals surface area contributed by atoms with Gasteiger partial charge >= 0.3 is 0 Å². The van der Waals surface area contributed by atoms with E-state index in [-0.39, 0.29) is 24.5 Å². The van der Waals surface area contributed by atoms with Crippen molar-refractivity contribution < 1.29 is 13.9 Å². The highest BCUT2D eigenvalue weighted by atomic mass is 79.9. The zero-order chi connectivity index (χ0) is 25.0. The Balaban J connectivity index is 1.79. The van der Waals surface area contributed by atoms with Crippen LogP contribution in [0.25, 0.3) is 5.69 Å². The number of nitrogens with one attached hydrogen (secondary N) is 1. The van der Waals surface area contributed by atoms with Crippen LogP contribution in [0.2, 0.25) is 0 Å². The van der Waals surface area contributed by atoms with Gasteiger partial charge < -0.3 is 13.9 Å². The Bertz CT molecular complexity index is 1370. The van der Waals surface area contributed by atoms with E-state index in [2.05, 4.69) is 26.5 Å². The van der Waals surface area contributed by atoms with Gasteiger partial charge in [0.25, 0.3) is 11.5 Å². The number of hydrogen-bond donors (Lipinski definition) is 1. The number of ether oxygens (including phenoxy) is 1. The average molecular weight is 528 g/mol. The first-order valence-corrected chi connectivity index (χ1v) is 11.1. The highest BCUT2D eigenvalue weighted by molar-refractivity contribution is 9.10. The van der Waals surface area contributed by atoms with E-state index < -0.39 is 11.5 Å². The predicted molar refractivity (Wildman–Crippen MR) is 130 cm³/mol. The molecule has 0 spiro atoms. The Hall–Kier alpha value is -3.55. The molecule has 0 aliphatic carbocycles. The number of aryl methyl sites for hydroxylation is 1. The quantitative estimate of drug-likeness (QED) is 0.374. The van der Waals surface area contributed by atoms with Crippen LogP contribution in [0.3, 0.4) is 0 Å². The number of benzene rings is 1. The molecule has 3 rings (SSSR count). The number of carbonyl (C=O) groups is 1. The number of pyridine rings is 1. The third-order valence-corrected chi connectivity index (χ3v) is 6.45. The fourth-order valence-corrected chi connectivity index (χ4v) is 4.23. The minimum absolute atomic E-state index is 0.0798. The molecule has 0 aliphatic heterocycles. The molecule has 0 unspecified atom stereocenters. The van der Waals surface area contributed by atoms with Gasteiger partial charge in [0.1, 0.15) is 24.0 Å². The van der Waals surface area contributed by atoms with E-state index in [1.807, 2.05) is 30.6 Å². The Morgan fingerprint density at radius 2 is 1.94 bits per heavy atom. The molecule has 0 fully saturated rings. The second-order valence-electron chi connectivity index (χ2n) is 7.62. The number of methoxy groups -OCH3 is 1. The summed E-state index contributed by atoms with van der Waals surface area (Å²) in [6.07, 6.45) is 1.51. The molecular weight excluding hydrogens is 505 g/mol.